The van der Waals surface area contributed by atoms with Gasteiger partial charge in [0.25, 0.3) is 0 Å². The highest BCUT2D eigenvalue weighted by molar-refractivity contribution is 6.30. The average molecular weight is 471 g/mol. The van der Waals surface area contributed by atoms with Gasteiger partial charge in [0.2, 0.25) is 5.91 Å². The van der Waals surface area contributed by atoms with Crippen LogP contribution >= 0.6 is 36.4 Å². The second kappa shape index (κ2) is 11.0. The second-order valence-corrected chi connectivity index (χ2v) is 7.54. The van der Waals surface area contributed by atoms with Gasteiger partial charge in [-0.1, -0.05) is 18.5 Å². The zero-order chi connectivity index (χ0) is 19.5. The van der Waals surface area contributed by atoms with Crippen molar-refractivity contribution in [2.75, 3.05) is 19.6 Å². The largest absolute Gasteiger partial charge is 0.353 e. The molecule has 1 aromatic carbocycles. The first-order valence-electron chi connectivity index (χ1n) is 9.73. The lowest BCUT2D eigenvalue weighted by Crippen LogP contribution is -2.41. The summed E-state index contributed by atoms with van der Waals surface area (Å²) in [6, 6.07) is 11.7. The lowest BCUT2D eigenvalue weighted by atomic mass is 10.2. The Balaban J connectivity index is 0.00000160. The lowest BCUT2D eigenvalue weighted by molar-refractivity contribution is -0.121. The minimum absolute atomic E-state index is 0. The van der Waals surface area contributed by atoms with E-state index in [1.54, 1.807) is 6.20 Å². The number of fused-ring (bicyclic) bond motifs is 1. The molecule has 1 aliphatic heterocycles. The van der Waals surface area contributed by atoms with Crippen LogP contribution < -0.4 is 5.32 Å². The smallest absolute Gasteiger partial charge is 0.240 e. The highest BCUT2D eigenvalue weighted by Gasteiger charge is 2.23. The van der Waals surface area contributed by atoms with Crippen LogP contribution in [0.15, 0.2) is 42.6 Å². The number of imidazole rings is 1. The van der Waals surface area contributed by atoms with E-state index in [9.17, 15) is 4.79 Å². The van der Waals surface area contributed by atoms with Gasteiger partial charge in [-0.3, -0.25) is 14.3 Å². The Morgan fingerprint density at radius 3 is 2.73 bits per heavy atom. The molecule has 0 bridgehead atoms. The van der Waals surface area contributed by atoms with Gasteiger partial charge < -0.3 is 5.32 Å². The van der Waals surface area contributed by atoms with Crippen molar-refractivity contribution in [1.82, 2.24) is 24.8 Å². The standard InChI is InChI=1S/C21H24ClN5O.2ClH/c1-2-26-12-4-5-17(26)13-24-19(28)14-27-20(15-7-9-16(22)10-8-15)25-18-6-3-11-23-21(18)27;;/h3,6-11,17H,2,4-5,12-14H2,1H3,(H,24,28);2*1H. The molecule has 1 fully saturated rings. The maximum absolute atomic E-state index is 12.7. The summed E-state index contributed by atoms with van der Waals surface area (Å²) in [4.78, 5) is 24.3. The van der Waals surface area contributed by atoms with E-state index >= 15 is 0 Å². The third-order valence-corrected chi connectivity index (χ3v) is 5.60. The van der Waals surface area contributed by atoms with E-state index in [1.807, 2.05) is 41.0 Å². The van der Waals surface area contributed by atoms with Gasteiger partial charge >= 0.3 is 0 Å². The number of halogens is 3. The Morgan fingerprint density at radius 2 is 2.00 bits per heavy atom. The van der Waals surface area contributed by atoms with Gasteiger partial charge in [-0.05, 0) is 62.3 Å². The van der Waals surface area contributed by atoms with Crippen LogP contribution in [0, 0.1) is 0 Å². The van der Waals surface area contributed by atoms with Gasteiger partial charge in [0.1, 0.15) is 17.9 Å². The predicted octanol–water partition coefficient (Wildman–Crippen LogP) is 4.20. The van der Waals surface area contributed by atoms with Crippen LogP contribution in [0.4, 0.5) is 0 Å². The van der Waals surface area contributed by atoms with Gasteiger partial charge in [0.15, 0.2) is 5.65 Å². The molecule has 3 aromatic rings. The number of benzene rings is 1. The van der Waals surface area contributed by atoms with Crippen LogP contribution in [0.25, 0.3) is 22.6 Å². The summed E-state index contributed by atoms with van der Waals surface area (Å²) in [5.41, 5.74) is 2.38. The van der Waals surface area contributed by atoms with Gasteiger partial charge in [-0.25, -0.2) is 9.97 Å². The van der Waals surface area contributed by atoms with Crippen LogP contribution in [0.3, 0.4) is 0 Å². The fraction of sp³-hybridized carbons (Fsp3) is 0.381. The van der Waals surface area contributed by atoms with Gasteiger partial charge in [-0.15, -0.1) is 24.8 Å². The van der Waals surface area contributed by atoms with E-state index in [2.05, 4.69) is 22.1 Å². The number of amides is 1. The third kappa shape index (κ3) is 5.24. The van der Waals surface area contributed by atoms with Crippen LogP contribution in [-0.2, 0) is 11.3 Å². The number of hydrogen-bond donors (Lipinski definition) is 1. The van der Waals surface area contributed by atoms with E-state index in [0.717, 1.165) is 36.4 Å². The average Bonchev–Trinajstić information content (AvgIpc) is 3.31. The highest BCUT2D eigenvalue weighted by Crippen LogP contribution is 2.25. The minimum atomic E-state index is -0.0249. The number of nitrogens with one attached hydrogen (secondary N) is 1. The van der Waals surface area contributed by atoms with E-state index in [1.165, 1.54) is 6.42 Å². The number of nitrogens with zero attached hydrogens (tertiary/aromatic N) is 4. The first kappa shape index (κ1) is 24.4. The highest BCUT2D eigenvalue weighted by atomic mass is 35.5. The molecule has 1 N–H and O–H groups in total. The lowest BCUT2D eigenvalue weighted by Gasteiger charge is -2.23. The predicted molar refractivity (Wildman–Crippen MR) is 126 cm³/mol. The molecule has 1 amide bonds. The number of likely N-dealkylation sites (tertiary alicyclic amines) is 1. The number of likely N-dealkylation sites (N-methyl/N-ethyl adjacent to an activating group) is 1. The van der Waals surface area contributed by atoms with Crippen LogP contribution in [0.1, 0.15) is 19.8 Å². The third-order valence-electron chi connectivity index (χ3n) is 5.35. The fourth-order valence-corrected chi connectivity index (χ4v) is 4.03. The molecule has 9 heteroatoms. The SMILES string of the molecule is CCN1CCCC1CNC(=O)Cn1c(-c2ccc(Cl)cc2)nc2cccnc21.Cl.Cl. The number of carbonyl (C=O) groups is 1. The molecule has 1 aliphatic rings. The molecule has 3 heterocycles. The topological polar surface area (TPSA) is 63.1 Å². The van der Waals surface area contributed by atoms with Crippen molar-refractivity contribution >= 4 is 53.5 Å². The summed E-state index contributed by atoms with van der Waals surface area (Å²) < 4.78 is 1.88. The van der Waals surface area contributed by atoms with Crippen LogP contribution in [0.2, 0.25) is 5.02 Å². The van der Waals surface area contributed by atoms with Crippen LogP contribution in [-0.4, -0.2) is 51.0 Å². The summed E-state index contributed by atoms with van der Waals surface area (Å²) in [6.07, 6.45) is 4.06. The van der Waals surface area contributed by atoms with Crippen molar-refractivity contribution in [2.24, 2.45) is 0 Å². The van der Waals surface area contributed by atoms with Crippen molar-refractivity contribution in [3.63, 3.8) is 0 Å². The number of rotatable bonds is 6. The Labute approximate surface area is 193 Å². The molecule has 1 unspecified atom stereocenters. The van der Waals surface area contributed by atoms with E-state index < -0.39 is 0 Å². The van der Waals surface area contributed by atoms with Crippen molar-refractivity contribution in [3.8, 4) is 11.4 Å². The molecule has 0 aliphatic carbocycles. The maximum Gasteiger partial charge on any atom is 0.240 e. The van der Waals surface area contributed by atoms with Gasteiger partial charge in [0.05, 0.1) is 0 Å². The van der Waals surface area contributed by atoms with Gasteiger partial charge in [-0.2, -0.15) is 0 Å². The Morgan fingerprint density at radius 1 is 1.23 bits per heavy atom. The number of carbonyl (C=O) groups excluding carboxylic acids is 1. The first-order chi connectivity index (χ1) is 13.7. The second-order valence-electron chi connectivity index (χ2n) is 7.10. The van der Waals surface area contributed by atoms with Crippen molar-refractivity contribution in [2.45, 2.75) is 32.4 Å². The number of hydrogen-bond acceptors (Lipinski definition) is 4. The molecule has 2 aromatic heterocycles. The molecule has 1 saturated heterocycles. The van der Waals surface area contributed by atoms with Crippen molar-refractivity contribution < 1.29 is 4.79 Å². The minimum Gasteiger partial charge on any atom is -0.353 e. The molecule has 162 valence electrons. The zero-order valence-corrected chi connectivity index (χ0v) is 19.1. The molecular formula is C21H26Cl3N5O. The molecular weight excluding hydrogens is 445 g/mol. The Hall–Kier alpha value is -1.86. The summed E-state index contributed by atoms with van der Waals surface area (Å²) in [5.74, 6) is 0.694. The Kier molecular flexibility index (Phi) is 8.92. The molecule has 30 heavy (non-hydrogen) atoms. The van der Waals surface area contributed by atoms with Crippen LogP contribution in [0.5, 0.6) is 0 Å². The first-order valence-corrected chi connectivity index (χ1v) is 10.1. The maximum atomic E-state index is 12.7. The molecule has 0 spiro atoms. The summed E-state index contributed by atoms with van der Waals surface area (Å²) in [5, 5.41) is 3.77. The van der Waals surface area contributed by atoms with Crippen molar-refractivity contribution in [1.29, 1.82) is 0 Å². The normalized spacial score (nSPS) is 16.1. The van der Waals surface area contributed by atoms with Crippen molar-refractivity contribution in [3.05, 3.63) is 47.6 Å². The number of aromatic nitrogens is 3. The monoisotopic (exact) mass is 469 g/mol. The van der Waals surface area contributed by atoms with E-state index in [4.69, 9.17) is 16.6 Å². The quantitative estimate of drug-likeness (QED) is 0.586. The van der Waals surface area contributed by atoms with E-state index in [0.29, 0.717) is 23.3 Å². The van der Waals surface area contributed by atoms with E-state index in [-0.39, 0.29) is 37.3 Å². The molecule has 0 radical (unpaired) electrons. The Bertz CT molecular complexity index is 976. The fourth-order valence-electron chi connectivity index (χ4n) is 3.90. The molecule has 6 nitrogen and oxygen atoms in total. The molecule has 1 atom stereocenters. The van der Waals surface area contributed by atoms with Gasteiger partial charge in [0, 0.05) is 29.4 Å². The molecule has 4 rings (SSSR count). The summed E-state index contributed by atoms with van der Waals surface area (Å²) in [7, 11) is 0. The molecule has 0 saturated carbocycles. The number of pyridine rings is 1. The summed E-state index contributed by atoms with van der Waals surface area (Å²) >= 11 is 6.02. The zero-order valence-electron chi connectivity index (χ0n) is 16.8. The summed E-state index contributed by atoms with van der Waals surface area (Å²) in [6.45, 7) is 5.18.